The van der Waals surface area contributed by atoms with Gasteiger partial charge < -0.3 is 4.90 Å². The van der Waals surface area contributed by atoms with Crippen LogP contribution in [0.25, 0.3) is 0 Å². The molecule has 1 aliphatic heterocycles. The number of hydrogen-bond acceptors (Lipinski definition) is 4. The number of amides is 1. The molecule has 1 aliphatic rings. The number of likely N-dealkylation sites (tertiary alicyclic amines) is 1. The predicted octanol–water partition coefficient (Wildman–Crippen LogP) is 2.50. The predicted molar refractivity (Wildman–Crippen MR) is 93.2 cm³/mol. The molecule has 1 saturated heterocycles. The average molecular weight is 360 g/mol. The minimum absolute atomic E-state index is 0.0481. The number of hydrogen-bond donors (Lipinski definition) is 1. The van der Waals surface area contributed by atoms with Gasteiger partial charge >= 0.3 is 0 Å². The van der Waals surface area contributed by atoms with E-state index in [1.807, 2.05) is 40.1 Å². The fourth-order valence-electron chi connectivity index (χ4n) is 3.13. The number of benzene rings is 2. The summed E-state index contributed by atoms with van der Waals surface area (Å²) in [5.41, 5.74) is 1.59. The van der Waals surface area contributed by atoms with Crippen LogP contribution in [-0.4, -0.2) is 32.9 Å². The normalized spacial score (nSPS) is 17.6. The van der Waals surface area contributed by atoms with Crippen molar-refractivity contribution in [3.05, 3.63) is 65.7 Å². The number of rotatable bonds is 5. The summed E-state index contributed by atoms with van der Waals surface area (Å²) in [5.74, 6) is -0.0880. The first-order valence-electron chi connectivity index (χ1n) is 8.04. The molecule has 1 N–H and O–H groups in total. The molecule has 1 atom stereocenters. The van der Waals surface area contributed by atoms with Gasteiger partial charge in [-0.15, -0.1) is 0 Å². The first-order valence-corrected chi connectivity index (χ1v) is 9.52. The van der Waals surface area contributed by atoms with Crippen molar-refractivity contribution >= 4 is 15.9 Å². The smallest absolute Gasteiger partial charge is 0.262 e. The van der Waals surface area contributed by atoms with Crippen molar-refractivity contribution in [1.82, 2.24) is 9.79 Å². The van der Waals surface area contributed by atoms with Gasteiger partial charge in [-0.1, -0.05) is 35.2 Å². The van der Waals surface area contributed by atoms with Crippen LogP contribution in [0.1, 0.15) is 34.8 Å². The zero-order valence-corrected chi connectivity index (χ0v) is 14.7. The van der Waals surface area contributed by atoms with Crippen LogP contribution in [0.4, 0.5) is 0 Å². The van der Waals surface area contributed by atoms with E-state index in [-0.39, 0.29) is 16.8 Å². The van der Waals surface area contributed by atoms with Gasteiger partial charge in [0, 0.05) is 12.1 Å². The van der Waals surface area contributed by atoms with Crippen molar-refractivity contribution in [3.8, 4) is 0 Å². The Balaban J connectivity index is 1.81. The summed E-state index contributed by atoms with van der Waals surface area (Å²) in [4.78, 5) is 21.2. The number of sulfonamides is 1. The lowest BCUT2D eigenvalue weighted by atomic mass is 10.0. The second-order valence-corrected chi connectivity index (χ2v) is 7.53. The largest absolute Gasteiger partial charge is 0.332 e. The Labute approximate surface area is 147 Å². The maximum Gasteiger partial charge on any atom is 0.262 e. The third-order valence-electron chi connectivity index (χ3n) is 4.30. The topological polar surface area (TPSA) is 75.7 Å². The molecule has 7 heteroatoms. The number of carbonyl (C=O) groups excluding carboxylic acids is 1. The van der Waals surface area contributed by atoms with Crippen molar-refractivity contribution in [3.63, 3.8) is 0 Å². The summed E-state index contributed by atoms with van der Waals surface area (Å²) in [7, 11) is -2.49. The summed E-state index contributed by atoms with van der Waals surface area (Å²) in [6.07, 6.45) is 1.88. The molecule has 1 amide bonds. The molecule has 25 heavy (non-hydrogen) atoms. The molecule has 132 valence electrons. The van der Waals surface area contributed by atoms with Crippen LogP contribution < -0.4 is 4.89 Å². The van der Waals surface area contributed by atoms with Gasteiger partial charge in [-0.05, 0) is 42.7 Å². The van der Waals surface area contributed by atoms with Crippen molar-refractivity contribution in [2.75, 3.05) is 13.7 Å². The molecular weight excluding hydrogens is 340 g/mol. The highest BCUT2D eigenvalue weighted by Crippen LogP contribution is 2.33. The Morgan fingerprint density at radius 1 is 1.12 bits per heavy atom. The van der Waals surface area contributed by atoms with E-state index in [0.29, 0.717) is 12.1 Å². The summed E-state index contributed by atoms with van der Waals surface area (Å²) in [5, 5.41) is 0. The van der Waals surface area contributed by atoms with Crippen LogP contribution >= 0.6 is 0 Å². The third kappa shape index (κ3) is 3.73. The second kappa shape index (κ2) is 7.35. The Morgan fingerprint density at radius 2 is 1.80 bits per heavy atom. The van der Waals surface area contributed by atoms with E-state index < -0.39 is 10.0 Å². The first-order chi connectivity index (χ1) is 12.0. The van der Waals surface area contributed by atoms with Crippen molar-refractivity contribution in [1.29, 1.82) is 0 Å². The average Bonchev–Trinajstić information content (AvgIpc) is 3.11. The van der Waals surface area contributed by atoms with Gasteiger partial charge in [0.05, 0.1) is 18.0 Å². The van der Waals surface area contributed by atoms with Crippen LogP contribution in [0.5, 0.6) is 0 Å². The molecule has 0 aromatic heterocycles. The lowest BCUT2D eigenvalue weighted by Crippen LogP contribution is -2.30. The van der Waals surface area contributed by atoms with Crippen molar-refractivity contribution < 1.29 is 18.0 Å². The minimum atomic E-state index is -3.72. The molecule has 0 bridgehead atoms. The molecule has 1 unspecified atom stereocenters. The molecule has 0 aliphatic carbocycles. The second-order valence-electron chi connectivity index (χ2n) is 5.88. The van der Waals surface area contributed by atoms with Crippen LogP contribution in [0.15, 0.2) is 59.5 Å². The zero-order valence-electron chi connectivity index (χ0n) is 13.9. The van der Waals surface area contributed by atoms with E-state index >= 15 is 0 Å². The Bertz CT molecular complexity index is 835. The number of carbonyl (C=O) groups is 1. The summed E-state index contributed by atoms with van der Waals surface area (Å²) in [6, 6.07) is 15.9. The quantitative estimate of drug-likeness (QED) is 0.831. The molecule has 1 fully saturated rings. The Kier molecular flexibility index (Phi) is 5.17. The first kappa shape index (κ1) is 17.6. The van der Waals surface area contributed by atoms with E-state index in [1.54, 1.807) is 0 Å². The van der Waals surface area contributed by atoms with Crippen LogP contribution in [0.2, 0.25) is 0 Å². The van der Waals surface area contributed by atoms with Gasteiger partial charge in [0.1, 0.15) is 0 Å². The summed E-state index contributed by atoms with van der Waals surface area (Å²) >= 11 is 0. The van der Waals surface area contributed by atoms with Gasteiger partial charge in [0.25, 0.3) is 15.9 Å². The maximum absolute atomic E-state index is 12.9. The molecule has 0 radical (unpaired) electrons. The molecular formula is C18H20N2O4S. The Hall–Kier alpha value is -2.22. The number of nitrogens with one attached hydrogen (secondary N) is 1. The van der Waals surface area contributed by atoms with Crippen LogP contribution in [0, 0.1) is 0 Å². The van der Waals surface area contributed by atoms with Gasteiger partial charge in [-0.25, -0.2) is 8.42 Å². The van der Waals surface area contributed by atoms with Gasteiger partial charge in [-0.3, -0.25) is 9.63 Å². The third-order valence-corrected chi connectivity index (χ3v) is 5.58. The highest BCUT2D eigenvalue weighted by Gasteiger charge is 2.30. The molecule has 1 heterocycles. The van der Waals surface area contributed by atoms with E-state index in [4.69, 9.17) is 0 Å². The van der Waals surface area contributed by atoms with E-state index in [1.165, 1.54) is 31.4 Å². The van der Waals surface area contributed by atoms with Crippen LogP contribution in [-0.2, 0) is 14.9 Å². The standard InChI is InChI=1S/C18H20N2O4S/c1-24-19-25(22,23)16-11-9-15(10-12-16)18(21)20-13-5-8-17(20)14-6-3-2-4-7-14/h2-4,6-7,9-12,17,19H,5,8,13H2,1H3. The number of nitrogens with zero attached hydrogens (tertiary/aromatic N) is 1. The molecule has 0 spiro atoms. The lowest BCUT2D eigenvalue weighted by Gasteiger charge is -2.25. The molecule has 6 nitrogen and oxygen atoms in total. The fourth-order valence-corrected chi connectivity index (χ4v) is 3.94. The van der Waals surface area contributed by atoms with Gasteiger partial charge in [0.2, 0.25) is 0 Å². The molecule has 3 rings (SSSR count). The maximum atomic E-state index is 12.9. The highest BCUT2D eigenvalue weighted by atomic mass is 32.2. The lowest BCUT2D eigenvalue weighted by molar-refractivity contribution is 0.0735. The monoisotopic (exact) mass is 360 g/mol. The van der Waals surface area contributed by atoms with Gasteiger partial charge in [-0.2, -0.15) is 0 Å². The highest BCUT2D eigenvalue weighted by molar-refractivity contribution is 7.89. The summed E-state index contributed by atoms with van der Waals surface area (Å²) in [6.45, 7) is 0.698. The molecule has 2 aromatic carbocycles. The zero-order chi connectivity index (χ0) is 17.9. The summed E-state index contributed by atoms with van der Waals surface area (Å²) < 4.78 is 23.8. The van der Waals surface area contributed by atoms with E-state index in [0.717, 1.165) is 18.4 Å². The Morgan fingerprint density at radius 3 is 2.44 bits per heavy atom. The van der Waals surface area contributed by atoms with Crippen molar-refractivity contribution in [2.45, 2.75) is 23.8 Å². The SMILES string of the molecule is CONS(=O)(=O)c1ccc(C(=O)N2CCCC2c2ccccc2)cc1. The van der Waals surface area contributed by atoms with E-state index in [9.17, 15) is 13.2 Å². The minimum Gasteiger partial charge on any atom is -0.332 e. The molecule has 2 aromatic rings. The molecule has 0 saturated carbocycles. The van der Waals surface area contributed by atoms with Crippen LogP contribution in [0.3, 0.4) is 0 Å². The fraction of sp³-hybridized carbons (Fsp3) is 0.278. The van der Waals surface area contributed by atoms with Crippen molar-refractivity contribution in [2.24, 2.45) is 0 Å². The van der Waals surface area contributed by atoms with E-state index in [2.05, 4.69) is 4.84 Å². The van der Waals surface area contributed by atoms with Gasteiger partial charge in [0.15, 0.2) is 0 Å².